The predicted octanol–water partition coefficient (Wildman–Crippen LogP) is 2.46. The summed E-state index contributed by atoms with van der Waals surface area (Å²) in [4.78, 5) is 20.5. The van der Waals surface area contributed by atoms with Crippen LogP contribution in [0.25, 0.3) is 10.9 Å². The number of nitrogens with one attached hydrogen (secondary N) is 1. The first-order valence-corrected chi connectivity index (χ1v) is 6.11. The molecular weight excluding hydrogens is 252 g/mol. The van der Waals surface area contributed by atoms with Crippen LogP contribution in [0, 0.1) is 0 Å². The van der Waals surface area contributed by atoms with Gasteiger partial charge in [0.25, 0.3) is 5.91 Å². The van der Waals surface area contributed by atoms with E-state index in [1.54, 1.807) is 30.6 Å². The largest absolute Gasteiger partial charge is 0.384 e. The lowest BCUT2D eigenvalue weighted by molar-refractivity contribution is 0.102. The summed E-state index contributed by atoms with van der Waals surface area (Å²) in [5.74, 6) is 0.0864. The van der Waals surface area contributed by atoms with Gasteiger partial charge in [-0.2, -0.15) is 0 Å². The lowest BCUT2D eigenvalue weighted by Crippen LogP contribution is -2.13. The number of carbonyl (C=O) groups excluding carboxylic acids is 1. The maximum atomic E-state index is 12.4. The second-order valence-corrected chi connectivity index (χ2v) is 4.31. The van der Waals surface area contributed by atoms with Crippen molar-refractivity contribution in [3.63, 3.8) is 0 Å². The van der Waals surface area contributed by atoms with Crippen LogP contribution in [0.1, 0.15) is 10.4 Å². The van der Waals surface area contributed by atoms with E-state index in [-0.39, 0.29) is 5.91 Å². The Kier molecular flexibility index (Phi) is 3.01. The van der Waals surface area contributed by atoms with Crippen LogP contribution in [0.2, 0.25) is 0 Å². The molecule has 0 fully saturated rings. The zero-order chi connectivity index (χ0) is 13.9. The fraction of sp³-hybridized carbons (Fsp3) is 0. The van der Waals surface area contributed by atoms with Gasteiger partial charge >= 0.3 is 0 Å². The first-order chi connectivity index (χ1) is 9.74. The first kappa shape index (κ1) is 12.1. The normalized spacial score (nSPS) is 10.4. The van der Waals surface area contributed by atoms with E-state index in [1.807, 2.05) is 24.3 Å². The first-order valence-electron chi connectivity index (χ1n) is 6.11. The molecule has 3 rings (SSSR count). The number of aromatic nitrogens is 2. The topological polar surface area (TPSA) is 80.9 Å². The molecule has 0 aliphatic rings. The van der Waals surface area contributed by atoms with E-state index in [2.05, 4.69) is 15.3 Å². The zero-order valence-electron chi connectivity index (χ0n) is 10.6. The summed E-state index contributed by atoms with van der Waals surface area (Å²) in [5, 5.41) is 3.56. The van der Waals surface area contributed by atoms with Gasteiger partial charge in [0.2, 0.25) is 0 Å². The Bertz CT molecular complexity index is 771. The predicted molar refractivity (Wildman–Crippen MR) is 78.3 cm³/mol. The van der Waals surface area contributed by atoms with E-state index in [0.29, 0.717) is 22.6 Å². The molecule has 2 aromatic heterocycles. The van der Waals surface area contributed by atoms with E-state index < -0.39 is 0 Å². The summed E-state index contributed by atoms with van der Waals surface area (Å²) in [6, 6.07) is 12.5. The molecule has 0 aliphatic heterocycles. The highest BCUT2D eigenvalue weighted by molar-refractivity contribution is 6.12. The number of pyridine rings is 2. The van der Waals surface area contributed by atoms with Gasteiger partial charge in [-0.1, -0.05) is 18.2 Å². The van der Waals surface area contributed by atoms with Crippen LogP contribution >= 0.6 is 0 Å². The number of hydrogen-bond acceptors (Lipinski definition) is 4. The number of anilines is 2. The number of fused-ring (bicyclic) bond motifs is 1. The average Bonchev–Trinajstić information content (AvgIpc) is 2.47. The summed E-state index contributed by atoms with van der Waals surface area (Å²) in [5.41, 5.74) is 7.58. The molecule has 3 N–H and O–H groups in total. The van der Waals surface area contributed by atoms with Crippen molar-refractivity contribution in [2.45, 2.75) is 0 Å². The van der Waals surface area contributed by atoms with Gasteiger partial charge in [0.15, 0.2) is 0 Å². The lowest BCUT2D eigenvalue weighted by atomic mass is 10.1. The number of benzene rings is 1. The fourth-order valence-corrected chi connectivity index (χ4v) is 2.02. The third-order valence-electron chi connectivity index (χ3n) is 2.90. The Balaban J connectivity index is 2.03. The minimum Gasteiger partial charge on any atom is -0.384 e. The van der Waals surface area contributed by atoms with Crippen molar-refractivity contribution in [3.05, 3.63) is 60.4 Å². The van der Waals surface area contributed by atoms with Crippen molar-refractivity contribution < 1.29 is 4.79 Å². The molecule has 0 spiro atoms. The summed E-state index contributed by atoms with van der Waals surface area (Å²) in [7, 11) is 0. The van der Waals surface area contributed by atoms with Crippen LogP contribution in [0.3, 0.4) is 0 Å². The van der Waals surface area contributed by atoms with Crippen LogP contribution in [-0.4, -0.2) is 15.9 Å². The van der Waals surface area contributed by atoms with Crippen LogP contribution < -0.4 is 11.1 Å². The molecule has 5 heteroatoms. The van der Waals surface area contributed by atoms with E-state index in [4.69, 9.17) is 5.73 Å². The van der Waals surface area contributed by atoms with Crippen molar-refractivity contribution in [1.29, 1.82) is 0 Å². The molecule has 3 aromatic rings. The average molecular weight is 264 g/mol. The van der Waals surface area contributed by atoms with Gasteiger partial charge < -0.3 is 11.1 Å². The molecule has 0 radical (unpaired) electrons. The third kappa shape index (κ3) is 2.29. The molecule has 0 saturated carbocycles. The van der Waals surface area contributed by atoms with Gasteiger partial charge in [0.05, 0.1) is 23.0 Å². The van der Waals surface area contributed by atoms with Crippen LogP contribution in [0.4, 0.5) is 11.5 Å². The molecular formula is C15H12N4O. The molecule has 0 bridgehead atoms. The van der Waals surface area contributed by atoms with Gasteiger partial charge in [0.1, 0.15) is 5.82 Å². The molecule has 98 valence electrons. The number of carbonyl (C=O) groups is 1. The maximum Gasteiger partial charge on any atom is 0.256 e. The van der Waals surface area contributed by atoms with Gasteiger partial charge in [-0.15, -0.1) is 0 Å². The second kappa shape index (κ2) is 4.97. The van der Waals surface area contributed by atoms with E-state index in [1.165, 1.54) is 0 Å². The summed E-state index contributed by atoms with van der Waals surface area (Å²) < 4.78 is 0. The highest BCUT2D eigenvalue weighted by Crippen LogP contribution is 2.20. The molecule has 20 heavy (non-hydrogen) atoms. The molecule has 2 heterocycles. The number of rotatable bonds is 2. The lowest BCUT2D eigenvalue weighted by Gasteiger charge is -2.08. The van der Waals surface area contributed by atoms with Crippen LogP contribution in [0.5, 0.6) is 0 Å². The molecule has 0 unspecified atom stereocenters. The van der Waals surface area contributed by atoms with Gasteiger partial charge in [0, 0.05) is 11.6 Å². The summed E-state index contributed by atoms with van der Waals surface area (Å²) >= 11 is 0. The number of nitrogens with zero attached hydrogens (tertiary/aromatic N) is 2. The number of nitrogen functional groups attached to an aromatic ring is 1. The standard InChI is InChI=1S/C15H12N4O/c16-14-8-12(11-5-1-2-6-13(11)19-14)15(20)18-10-4-3-7-17-9-10/h1-9H,(H2,16,19)(H,18,20). The zero-order valence-corrected chi connectivity index (χ0v) is 10.6. The SMILES string of the molecule is Nc1cc(C(=O)Nc2cccnc2)c2ccccc2n1. The van der Waals surface area contributed by atoms with Crippen LogP contribution in [0.15, 0.2) is 54.9 Å². The van der Waals surface area contributed by atoms with Gasteiger partial charge in [-0.3, -0.25) is 9.78 Å². The number of hydrogen-bond donors (Lipinski definition) is 2. The van der Waals surface area contributed by atoms with E-state index >= 15 is 0 Å². The molecule has 1 amide bonds. The smallest absolute Gasteiger partial charge is 0.256 e. The Morgan fingerprint density at radius 3 is 2.80 bits per heavy atom. The molecule has 0 saturated heterocycles. The summed E-state index contributed by atoms with van der Waals surface area (Å²) in [6.45, 7) is 0. The minimum atomic E-state index is -0.233. The highest BCUT2D eigenvalue weighted by Gasteiger charge is 2.12. The molecule has 0 atom stereocenters. The number of nitrogens with two attached hydrogens (primary N) is 1. The molecule has 5 nitrogen and oxygen atoms in total. The Hall–Kier alpha value is -2.95. The minimum absolute atomic E-state index is 0.233. The number of amides is 1. The van der Waals surface area contributed by atoms with Crippen LogP contribution in [-0.2, 0) is 0 Å². The van der Waals surface area contributed by atoms with Crippen molar-refractivity contribution in [3.8, 4) is 0 Å². The van der Waals surface area contributed by atoms with E-state index in [9.17, 15) is 4.79 Å². The highest BCUT2D eigenvalue weighted by atomic mass is 16.1. The van der Waals surface area contributed by atoms with Gasteiger partial charge in [-0.25, -0.2) is 4.98 Å². The van der Waals surface area contributed by atoms with Crippen molar-refractivity contribution in [2.75, 3.05) is 11.1 Å². The third-order valence-corrected chi connectivity index (χ3v) is 2.90. The molecule has 1 aromatic carbocycles. The fourth-order valence-electron chi connectivity index (χ4n) is 2.02. The Labute approximate surface area is 115 Å². The quantitative estimate of drug-likeness (QED) is 0.745. The second-order valence-electron chi connectivity index (χ2n) is 4.31. The monoisotopic (exact) mass is 264 g/mol. The van der Waals surface area contributed by atoms with E-state index in [0.717, 1.165) is 5.39 Å². The Morgan fingerprint density at radius 1 is 1.15 bits per heavy atom. The Morgan fingerprint density at radius 2 is 2.00 bits per heavy atom. The van der Waals surface area contributed by atoms with Crippen molar-refractivity contribution in [1.82, 2.24) is 9.97 Å². The number of para-hydroxylation sites is 1. The van der Waals surface area contributed by atoms with Crippen molar-refractivity contribution >= 4 is 28.3 Å². The molecule has 0 aliphatic carbocycles. The van der Waals surface area contributed by atoms with Crippen molar-refractivity contribution in [2.24, 2.45) is 0 Å². The summed E-state index contributed by atoms with van der Waals surface area (Å²) in [6.07, 6.45) is 3.24. The van der Waals surface area contributed by atoms with Gasteiger partial charge in [-0.05, 0) is 24.3 Å². The maximum absolute atomic E-state index is 12.4.